The molecule has 0 N–H and O–H groups in total. The monoisotopic (exact) mass is 307 g/mol. The quantitative estimate of drug-likeness (QED) is 0.479. The number of hydrogen-bond acceptors (Lipinski definition) is 7. The van der Waals surface area contributed by atoms with Crippen molar-refractivity contribution in [1.82, 2.24) is 4.98 Å². The van der Waals surface area contributed by atoms with Crippen LogP contribution in [0, 0.1) is 10.1 Å². The third-order valence-corrected chi connectivity index (χ3v) is 3.56. The summed E-state index contributed by atoms with van der Waals surface area (Å²) in [6.45, 7) is 0.495. The lowest BCUT2D eigenvalue weighted by Crippen LogP contribution is -2.19. The Morgan fingerprint density at radius 1 is 1.57 bits per heavy atom. The number of hydrogen-bond donors (Lipinski definition) is 0. The Balaban J connectivity index is 2.34. The summed E-state index contributed by atoms with van der Waals surface area (Å²) in [4.78, 5) is 27.8. The van der Waals surface area contributed by atoms with Gasteiger partial charge < -0.3 is 9.64 Å². The average molecular weight is 307 g/mol. The molecule has 0 aliphatic rings. The second-order valence-corrected chi connectivity index (χ2v) is 5.08. The fourth-order valence-electron chi connectivity index (χ4n) is 1.84. The molecule has 0 amide bonds. The first-order valence-electron chi connectivity index (χ1n) is 5.98. The zero-order valence-corrected chi connectivity index (χ0v) is 12.3. The lowest BCUT2D eigenvalue weighted by Gasteiger charge is -2.17. The molecule has 0 radical (unpaired) electrons. The Kier molecular flexibility index (Phi) is 4.49. The average Bonchev–Trinajstić information content (AvgIpc) is 2.98. The topological polar surface area (TPSA) is 85.6 Å². The van der Waals surface area contributed by atoms with E-state index in [2.05, 4.69) is 9.72 Å². The van der Waals surface area contributed by atoms with Crippen molar-refractivity contribution in [1.29, 1.82) is 0 Å². The highest BCUT2D eigenvalue weighted by molar-refractivity contribution is 7.07. The van der Waals surface area contributed by atoms with Crippen molar-refractivity contribution in [2.45, 2.75) is 6.54 Å². The maximum Gasteiger partial charge on any atom is 0.339 e. The maximum atomic E-state index is 11.4. The van der Waals surface area contributed by atoms with Gasteiger partial charge in [-0.2, -0.15) is 11.3 Å². The highest BCUT2D eigenvalue weighted by Gasteiger charge is 2.22. The van der Waals surface area contributed by atoms with Crippen LogP contribution in [0.5, 0.6) is 0 Å². The van der Waals surface area contributed by atoms with E-state index >= 15 is 0 Å². The molecule has 2 aromatic rings. The van der Waals surface area contributed by atoms with E-state index in [0.717, 1.165) is 5.56 Å². The molecule has 7 nitrogen and oxygen atoms in total. The fourth-order valence-corrected chi connectivity index (χ4v) is 2.50. The number of esters is 1. The van der Waals surface area contributed by atoms with Crippen LogP contribution in [-0.4, -0.2) is 30.0 Å². The number of ether oxygens (including phenoxy) is 1. The molecule has 0 aliphatic heterocycles. The molecule has 110 valence electrons. The van der Waals surface area contributed by atoms with E-state index in [1.165, 1.54) is 19.4 Å². The van der Waals surface area contributed by atoms with Gasteiger partial charge in [0.25, 0.3) is 0 Å². The van der Waals surface area contributed by atoms with Gasteiger partial charge in [-0.3, -0.25) is 10.1 Å². The Bertz CT molecular complexity index is 657. The molecule has 8 heteroatoms. The van der Waals surface area contributed by atoms with Crippen molar-refractivity contribution in [3.8, 4) is 0 Å². The third kappa shape index (κ3) is 3.34. The number of carbonyl (C=O) groups excluding carboxylic acids is 1. The number of methoxy groups -OCH3 is 1. The van der Waals surface area contributed by atoms with Gasteiger partial charge in [-0.15, -0.1) is 0 Å². The second kappa shape index (κ2) is 6.31. The van der Waals surface area contributed by atoms with Gasteiger partial charge in [0.2, 0.25) is 5.82 Å². The molecule has 0 saturated carbocycles. The normalized spacial score (nSPS) is 10.2. The number of carbonyl (C=O) groups is 1. The Hall–Kier alpha value is -2.48. The van der Waals surface area contributed by atoms with Gasteiger partial charge in [-0.1, -0.05) is 0 Å². The molecule has 2 rings (SSSR count). The zero-order valence-electron chi connectivity index (χ0n) is 11.5. The number of thiophene rings is 1. The SMILES string of the molecule is COC(=O)c1cnc(N(C)Cc2ccsc2)c([N+](=O)[O-])c1. The smallest absolute Gasteiger partial charge is 0.339 e. The molecular formula is C13H13N3O4S. The summed E-state index contributed by atoms with van der Waals surface area (Å²) in [6, 6.07) is 3.12. The van der Waals surface area contributed by atoms with Crippen molar-refractivity contribution in [2.24, 2.45) is 0 Å². The van der Waals surface area contributed by atoms with Crippen molar-refractivity contribution in [2.75, 3.05) is 19.1 Å². The third-order valence-electron chi connectivity index (χ3n) is 2.83. The van der Waals surface area contributed by atoms with Crippen LogP contribution in [-0.2, 0) is 11.3 Å². The van der Waals surface area contributed by atoms with Crippen molar-refractivity contribution in [3.05, 3.63) is 50.3 Å². The van der Waals surface area contributed by atoms with E-state index in [0.29, 0.717) is 6.54 Å². The second-order valence-electron chi connectivity index (χ2n) is 4.30. The maximum absolute atomic E-state index is 11.4. The summed E-state index contributed by atoms with van der Waals surface area (Å²) in [5.41, 5.74) is 0.864. The number of pyridine rings is 1. The van der Waals surface area contributed by atoms with Crippen LogP contribution in [0.2, 0.25) is 0 Å². The van der Waals surface area contributed by atoms with Gasteiger partial charge in [0.05, 0.1) is 17.6 Å². The number of rotatable bonds is 5. The van der Waals surface area contributed by atoms with Crippen LogP contribution in [0.25, 0.3) is 0 Å². The molecule has 0 aromatic carbocycles. The number of anilines is 1. The van der Waals surface area contributed by atoms with Gasteiger partial charge in [0.15, 0.2) is 0 Å². The van der Waals surface area contributed by atoms with Crippen LogP contribution in [0.15, 0.2) is 29.1 Å². The van der Waals surface area contributed by atoms with E-state index in [9.17, 15) is 14.9 Å². The summed E-state index contributed by atoms with van der Waals surface area (Å²) < 4.78 is 4.54. The first-order valence-corrected chi connectivity index (χ1v) is 6.92. The van der Waals surface area contributed by atoms with Crippen LogP contribution >= 0.6 is 11.3 Å². The van der Waals surface area contributed by atoms with E-state index in [-0.39, 0.29) is 17.1 Å². The summed E-state index contributed by atoms with van der Waals surface area (Å²) in [5, 5.41) is 15.1. The van der Waals surface area contributed by atoms with Gasteiger partial charge in [0, 0.05) is 25.9 Å². The molecule has 0 bridgehead atoms. The molecule has 0 unspecified atom stereocenters. The van der Waals surface area contributed by atoms with Crippen LogP contribution in [0.3, 0.4) is 0 Å². The molecule has 0 spiro atoms. The molecule has 21 heavy (non-hydrogen) atoms. The predicted octanol–water partition coefficient (Wildman–Crippen LogP) is 2.47. The van der Waals surface area contributed by atoms with Crippen LogP contribution in [0.1, 0.15) is 15.9 Å². The Labute approximate surface area is 124 Å². The van der Waals surface area contributed by atoms with E-state index in [4.69, 9.17) is 0 Å². The lowest BCUT2D eigenvalue weighted by molar-refractivity contribution is -0.384. The molecule has 0 aliphatic carbocycles. The minimum absolute atomic E-state index is 0.0527. The molecule has 2 heterocycles. The van der Waals surface area contributed by atoms with Crippen LogP contribution in [0.4, 0.5) is 11.5 Å². The molecule has 0 atom stereocenters. The van der Waals surface area contributed by atoms with Gasteiger partial charge in [0.1, 0.15) is 0 Å². The summed E-state index contributed by atoms with van der Waals surface area (Å²) in [6.07, 6.45) is 1.28. The van der Waals surface area contributed by atoms with Crippen molar-refractivity contribution >= 4 is 28.8 Å². The molecular weight excluding hydrogens is 294 g/mol. The van der Waals surface area contributed by atoms with Gasteiger partial charge >= 0.3 is 11.7 Å². The Morgan fingerprint density at radius 3 is 2.90 bits per heavy atom. The molecule has 2 aromatic heterocycles. The van der Waals surface area contributed by atoms with E-state index in [1.807, 2.05) is 16.8 Å². The van der Waals surface area contributed by atoms with E-state index in [1.54, 1.807) is 23.3 Å². The number of nitrogens with zero attached hydrogens (tertiary/aromatic N) is 3. The highest BCUT2D eigenvalue weighted by atomic mass is 32.1. The largest absolute Gasteiger partial charge is 0.465 e. The number of nitro groups is 1. The zero-order chi connectivity index (χ0) is 15.4. The minimum Gasteiger partial charge on any atom is -0.465 e. The fraction of sp³-hybridized carbons (Fsp3) is 0.231. The standard InChI is InChI=1S/C13H13N3O4S/c1-15(7-9-3-4-21-8-9)12-11(16(18)19)5-10(6-14-12)13(17)20-2/h3-6,8H,7H2,1-2H3. The Morgan fingerprint density at radius 2 is 2.33 bits per heavy atom. The molecule has 0 saturated heterocycles. The highest BCUT2D eigenvalue weighted by Crippen LogP contribution is 2.27. The minimum atomic E-state index is -0.655. The summed E-state index contributed by atoms with van der Waals surface area (Å²) >= 11 is 1.55. The molecule has 0 fully saturated rings. The van der Waals surface area contributed by atoms with Crippen LogP contribution < -0.4 is 4.90 Å². The first-order chi connectivity index (χ1) is 10.0. The number of aromatic nitrogens is 1. The van der Waals surface area contributed by atoms with Gasteiger partial charge in [-0.25, -0.2) is 9.78 Å². The first kappa shape index (κ1) is 14.9. The summed E-state index contributed by atoms with van der Waals surface area (Å²) in [5.74, 6) is -0.448. The van der Waals surface area contributed by atoms with Gasteiger partial charge in [-0.05, 0) is 22.4 Å². The lowest BCUT2D eigenvalue weighted by atomic mass is 10.2. The predicted molar refractivity (Wildman–Crippen MR) is 78.7 cm³/mol. The van der Waals surface area contributed by atoms with E-state index < -0.39 is 10.9 Å². The van der Waals surface area contributed by atoms with Crippen molar-refractivity contribution < 1.29 is 14.5 Å². The summed E-state index contributed by atoms with van der Waals surface area (Å²) in [7, 11) is 2.93. The van der Waals surface area contributed by atoms with Crippen molar-refractivity contribution in [3.63, 3.8) is 0 Å².